The zero-order chi connectivity index (χ0) is 16.5. The van der Waals surface area contributed by atoms with Crippen LogP contribution in [0.2, 0.25) is 0 Å². The lowest BCUT2D eigenvalue weighted by molar-refractivity contribution is -0.139. The van der Waals surface area contributed by atoms with Crippen LogP contribution >= 0.6 is 0 Å². The predicted molar refractivity (Wildman–Crippen MR) is 91.8 cm³/mol. The Bertz CT molecular complexity index is 716. The van der Waals surface area contributed by atoms with Crippen LogP contribution in [0.5, 0.6) is 0 Å². The molecule has 1 aromatic heterocycles. The van der Waals surface area contributed by atoms with Crippen molar-refractivity contribution in [2.24, 2.45) is 5.92 Å². The van der Waals surface area contributed by atoms with Gasteiger partial charge in [0.1, 0.15) is 5.58 Å². The van der Waals surface area contributed by atoms with Crippen molar-refractivity contribution in [3.8, 4) is 0 Å². The zero-order valence-electron chi connectivity index (χ0n) is 13.8. The number of hydrogen-bond acceptors (Lipinski definition) is 4. The van der Waals surface area contributed by atoms with Gasteiger partial charge >= 0.3 is 5.97 Å². The van der Waals surface area contributed by atoms with E-state index in [-0.39, 0.29) is 6.54 Å². The minimum absolute atomic E-state index is 0.186. The van der Waals surface area contributed by atoms with Crippen LogP contribution in [0.4, 0.5) is 0 Å². The number of carboxylic acid groups (broad SMARTS) is 1. The highest BCUT2D eigenvalue weighted by Gasteiger charge is 2.36. The molecule has 0 bridgehead atoms. The molecule has 2 aromatic rings. The van der Waals surface area contributed by atoms with Crippen LogP contribution in [0.15, 0.2) is 34.9 Å². The van der Waals surface area contributed by atoms with Gasteiger partial charge < -0.3 is 14.8 Å². The lowest BCUT2D eigenvalue weighted by Gasteiger charge is -2.43. The van der Waals surface area contributed by atoms with E-state index in [2.05, 4.69) is 22.3 Å². The van der Waals surface area contributed by atoms with Crippen molar-refractivity contribution in [3.05, 3.63) is 36.1 Å². The molecular weight excluding hydrogens is 304 g/mol. The van der Waals surface area contributed by atoms with Crippen LogP contribution in [0.1, 0.15) is 31.2 Å². The van der Waals surface area contributed by atoms with Crippen molar-refractivity contribution in [2.75, 3.05) is 13.1 Å². The Morgan fingerprint density at radius 2 is 2.12 bits per heavy atom. The van der Waals surface area contributed by atoms with Gasteiger partial charge in [-0.25, -0.2) is 0 Å². The van der Waals surface area contributed by atoms with E-state index in [0.717, 1.165) is 42.8 Å². The second-order valence-electron chi connectivity index (χ2n) is 7.26. The van der Waals surface area contributed by atoms with Crippen molar-refractivity contribution in [3.63, 3.8) is 0 Å². The summed E-state index contributed by atoms with van der Waals surface area (Å²) in [5.41, 5.74) is 2.18. The Kier molecular flexibility index (Phi) is 4.29. The van der Waals surface area contributed by atoms with Gasteiger partial charge in [0.15, 0.2) is 0 Å². The van der Waals surface area contributed by atoms with Crippen LogP contribution < -0.4 is 5.32 Å². The van der Waals surface area contributed by atoms with Gasteiger partial charge in [-0.15, -0.1) is 0 Å². The molecule has 0 spiro atoms. The molecule has 5 nitrogen and oxygen atoms in total. The third-order valence-electron chi connectivity index (χ3n) is 5.27. The maximum absolute atomic E-state index is 11.1. The standard InChI is InChI=1S/C19H24N2O3/c22-19(23)12-21(11-13-1-2-13)17-8-16(9-17)20-10-14-3-4-18-15(7-14)5-6-24-18/h3-7,13,16-17,20H,1-2,8-12H2,(H,22,23). The summed E-state index contributed by atoms with van der Waals surface area (Å²) >= 11 is 0. The minimum Gasteiger partial charge on any atom is -0.480 e. The third-order valence-corrected chi connectivity index (χ3v) is 5.27. The number of hydrogen-bond donors (Lipinski definition) is 2. The van der Waals surface area contributed by atoms with Gasteiger partial charge in [-0.3, -0.25) is 9.69 Å². The summed E-state index contributed by atoms with van der Waals surface area (Å²) in [6, 6.07) is 9.17. The zero-order valence-corrected chi connectivity index (χ0v) is 13.8. The average Bonchev–Trinajstić information content (AvgIpc) is 3.19. The highest BCUT2D eigenvalue weighted by molar-refractivity contribution is 5.77. The topological polar surface area (TPSA) is 65.7 Å². The van der Waals surface area contributed by atoms with Gasteiger partial charge in [-0.1, -0.05) is 6.07 Å². The van der Waals surface area contributed by atoms with E-state index in [9.17, 15) is 4.79 Å². The molecule has 1 heterocycles. The SMILES string of the molecule is O=C(O)CN(CC1CC1)C1CC(NCc2ccc3occc3c2)C1. The molecule has 2 fully saturated rings. The molecular formula is C19H24N2O3. The number of carbonyl (C=O) groups is 1. The van der Waals surface area contributed by atoms with Gasteiger partial charge in [0.2, 0.25) is 0 Å². The molecule has 2 N–H and O–H groups in total. The number of nitrogens with zero attached hydrogens (tertiary/aromatic N) is 1. The summed E-state index contributed by atoms with van der Waals surface area (Å²) in [4.78, 5) is 13.2. The molecule has 2 saturated carbocycles. The summed E-state index contributed by atoms with van der Waals surface area (Å²) in [5.74, 6) is 0.0264. The van der Waals surface area contributed by atoms with Crippen LogP contribution in [-0.2, 0) is 11.3 Å². The van der Waals surface area contributed by atoms with Gasteiger partial charge in [0.25, 0.3) is 0 Å². The molecule has 0 saturated heterocycles. The van der Waals surface area contributed by atoms with Crippen LogP contribution in [0.3, 0.4) is 0 Å². The smallest absolute Gasteiger partial charge is 0.317 e. The number of rotatable bonds is 8. The van der Waals surface area contributed by atoms with Crippen LogP contribution in [0, 0.1) is 5.92 Å². The summed E-state index contributed by atoms with van der Waals surface area (Å²) in [6.45, 7) is 1.99. The molecule has 2 aliphatic rings. The van der Waals surface area contributed by atoms with Gasteiger partial charge in [0.05, 0.1) is 12.8 Å². The molecule has 4 rings (SSSR count). The Balaban J connectivity index is 1.26. The Hall–Kier alpha value is -1.85. The van der Waals surface area contributed by atoms with Crippen LogP contribution in [-0.4, -0.2) is 41.1 Å². The van der Waals surface area contributed by atoms with E-state index < -0.39 is 5.97 Å². The first-order valence-corrected chi connectivity index (χ1v) is 8.83. The van der Waals surface area contributed by atoms with E-state index in [4.69, 9.17) is 9.52 Å². The molecule has 2 aliphatic carbocycles. The van der Waals surface area contributed by atoms with Gasteiger partial charge in [-0.2, -0.15) is 0 Å². The highest BCUT2D eigenvalue weighted by atomic mass is 16.4. The summed E-state index contributed by atoms with van der Waals surface area (Å²) in [5, 5.41) is 13.8. The number of fused-ring (bicyclic) bond motifs is 1. The molecule has 24 heavy (non-hydrogen) atoms. The van der Waals surface area contributed by atoms with Gasteiger partial charge in [-0.05, 0) is 55.4 Å². The number of carboxylic acids is 1. The maximum Gasteiger partial charge on any atom is 0.317 e. The Labute approximate surface area is 141 Å². The molecule has 0 atom stereocenters. The summed E-state index contributed by atoms with van der Waals surface area (Å²) < 4.78 is 5.37. The normalized spacial score (nSPS) is 23.5. The monoisotopic (exact) mass is 328 g/mol. The Morgan fingerprint density at radius 3 is 2.88 bits per heavy atom. The Morgan fingerprint density at radius 1 is 1.29 bits per heavy atom. The number of furan rings is 1. The second-order valence-corrected chi connectivity index (χ2v) is 7.26. The fraction of sp³-hybridized carbons (Fsp3) is 0.526. The lowest BCUT2D eigenvalue weighted by atomic mass is 9.85. The molecule has 5 heteroatoms. The fourth-order valence-electron chi connectivity index (χ4n) is 3.59. The van der Waals surface area contributed by atoms with E-state index in [1.807, 2.05) is 12.1 Å². The molecule has 128 valence electrons. The maximum atomic E-state index is 11.1. The van der Waals surface area contributed by atoms with Crippen molar-refractivity contribution >= 4 is 16.9 Å². The van der Waals surface area contributed by atoms with Crippen molar-refractivity contribution in [2.45, 2.75) is 44.3 Å². The minimum atomic E-state index is -0.708. The third kappa shape index (κ3) is 3.62. The number of aliphatic carboxylic acids is 1. The summed E-state index contributed by atoms with van der Waals surface area (Å²) in [6.07, 6.45) is 6.35. The first kappa shape index (κ1) is 15.7. The highest BCUT2D eigenvalue weighted by Crippen LogP contribution is 2.33. The quantitative estimate of drug-likeness (QED) is 0.780. The molecule has 0 aliphatic heterocycles. The fourth-order valence-corrected chi connectivity index (χ4v) is 3.59. The van der Waals surface area contributed by atoms with Crippen molar-refractivity contribution in [1.82, 2.24) is 10.2 Å². The first-order valence-electron chi connectivity index (χ1n) is 8.83. The lowest BCUT2D eigenvalue weighted by Crippen LogP contribution is -2.54. The second kappa shape index (κ2) is 6.57. The summed E-state index contributed by atoms with van der Waals surface area (Å²) in [7, 11) is 0. The molecule has 0 amide bonds. The molecule has 0 radical (unpaired) electrons. The average molecular weight is 328 g/mol. The van der Waals surface area contributed by atoms with Crippen molar-refractivity contribution < 1.29 is 14.3 Å². The van der Waals surface area contributed by atoms with E-state index in [1.54, 1.807) is 6.26 Å². The molecule has 0 unspecified atom stereocenters. The number of nitrogens with one attached hydrogen (secondary N) is 1. The first-order chi connectivity index (χ1) is 11.7. The van der Waals surface area contributed by atoms with E-state index >= 15 is 0 Å². The predicted octanol–water partition coefficient (Wildman–Crippen LogP) is 2.85. The van der Waals surface area contributed by atoms with Crippen molar-refractivity contribution in [1.29, 1.82) is 0 Å². The van der Waals surface area contributed by atoms with E-state index in [1.165, 1.54) is 18.4 Å². The van der Waals surface area contributed by atoms with Gasteiger partial charge in [0, 0.05) is 30.6 Å². The largest absolute Gasteiger partial charge is 0.480 e. The van der Waals surface area contributed by atoms with E-state index in [0.29, 0.717) is 12.1 Å². The van der Waals surface area contributed by atoms with Crippen LogP contribution in [0.25, 0.3) is 11.0 Å². The number of benzene rings is 1. The molecule has 1 aromatic carbocycles.